The first-order chi connectivity index (χ1) is 12.1. The summed E-state index contributed by atoms with van der Waals surface area (Å²) in [5.74, 6) is 1.79. The summed E-state index contributed by atoms with van der Waals surface area (Å²) in [7, 11) is 0. The Morgan fingerprint density at radius 3 is 2.80 bits per heavy atom. The summed E-state index contributed by atoms with van der Waals surface area (Å²) in [6, 6.07) is 3.80. The molecule has 6 nitrogen and oxygen atoms in total. The smallest absolute Gasteiger partial charge is 0.348 e. The van der Waals surface area contributed by atoms with Gasteiger partial charge in [0.1, 0.15) is 16.4 Å². The number of rotatable bonds is 4. The van der Waals surface area contributed by atoms with E-state index in [2.05, 4.69) is 10.2 Å². The third-order valence-electron chi connectivity index (χ3n) is 4.26. The first kappa shape index (κ1) is 16.1. The van der Waals surface area contributed by atoms with Crippen molar-refractivity contribution in [2.24, 2.45) is 0 Å². The van der Waals surface area contributed by atoms with Crippen LogP contribution in [0, 0.1) is 13.8 Å². The second-order valence-corrected chi connectivity index (χ2v) is 7.31. The number of ether oxygens (including phenoxy) is 1. The Morgan fingerprint density at radius 2 is 2.04 bits per heavy atom. The van der Waals surface area contributed by atoms with Gasteiger partial charge < -0.3 is 13.6 Å². The Morgan fingerprint density at radius 1 is 1.20 bits per heavy atom. The van der Waals surface area contributed by atoms with E-state index in [-0.39, 0.29) is 18.5 Å². The zero-order valence-corrected chi connectivity index (χ0v) is 14.9. The van der Waals surface area contributed by atoms with Gasteiger partial charge in [0.2, 0.25) is 0 Å². The van der Waals surface area contributed by atoms with Crippen LogP contribution in [0.1, 0.15) is 50.4 Å². The lowest BCUT2D eigenvalue weighted by molar-refractivity contribution is 0.0444. The fourth-order valence-corrected chi connectivity index (χ4v) is 4.20. The van der Waals surface area contributed by atoms with Gasteiger partial charge in [0, 0.05) is 4.88 Å². The standard InChI is InChI=1S/C18H18N2O4S/c1-10-7-13(11(2)23-10)17-20-19-16(24-17)9-22-18(21)15-8-12-5-3-4-6-14(12)25-15/h7-8H,3-6,9H2,1-2H3. The number of fused-ring (bicyclic) bond motifs is 1. The molecule has 0 saturated heterocycles. The zero-order valence-electron chi connectivity index (χ0n) is 14.1. The molecule has 0 bridgehead atoms. The molecule has 3 aromatic rings. The SMILES string of the molecule is Cc1cc(-c2nnc(COC(=O)c3cc4c(s3)CCCC4)o2)c(C)o1. The average Bonchev–Trinajstić information content (AvgIpc) is 3.30. The largest absolute Gasteiger partial charge is 0.466 e. The molecule has 130 valence electrons. The third-order valence-corrected chi connectivity index (χ3v) is 5.48. The Kier molecular flexibility index (Phi) is 4.17. The summed E-state index contributed by atoms with van der Waals surface area (Å²) >= 11 is 1.53. The molecule has 0 unspecified atom stereocenters. The van der Waals surface area contributed by atoms with Crippen molar-refractivity contribution < 1.29 is 18.4 Å². The Hall–Kier alpha value is -2.41. The molecule has 3 heterocycles. The fourth-order valence-electron chi connectivity index (χ4n) is 3.05. The van der Waals surface area contributed by atoms with Crippen LogP contribution >= 0.6 is 11.3 Å². The van der Waals surface area contributed by atoms with Crippen molar-refractivity contribution in [1.29, 1.82) is 0 Å². The lowest BCUT2D eigenvalue weighted by atomic mass is 9.99. The maximum absolute atomic E-state index is 12.3. The molecule has 1 aliphatic carbocycles. The first-order valence-electron chi connectivity index (χ1n) is 8.28. The second-order valence-electron chi connectivity index (χ2n) is 6.17. The van der Waals surface area contributed by atoms with Crippen molar-refractivity contribution in [3.8, 4) is 11.5 Å². The van der Waals surface area contributed by atoms with Crippen molar-refractivity contribution in [3.05, 3.63) is 44.9 Å². The molecule has 0 spiro atoms. The lowest BCUT2D eigenvalue weighted by Crippen LogP contribution is -2.03. The summed E-state index contributed by atoms with van der Waals surface area (Å²) in [6.45, 7) is 3.66. The van der Waals surface area contributed by atoms with Crippen molar-refractivity contribution in [2.45, 2.75) is 46.1 Å². The molecular weight excluding hydrogens is 340 g/mol. The van der Waals surface area contributed by atoms with E-state index < -0.39 is 0 Å². The van der Waals surface area contributed by atoms with Gasteiger partial charge in [-0.15, -0.1) is 21.5 Å². The summed E-state index contributed by atoms with van der Waals surface area (Å²) < 4.78 is 16.4. The van der Waals surface area contributed by atoms with Gasteiger partial charge in [0.05, 0.1) is 5.56 Å². The van der Waals surface area contributed by atoms with E-state index in [0.717, 1.165) is 24.2 Å². The molecular formula is C18H18N2O4S. The van der Waals surface area contributed by atoms with E-state index in [1.807, 2.05) is 26.0 Å². The summed E-state index contributed by atoms with van der Waals surface area (Å²) in [5, 5.41) is 7.94. The van der Waals surface area contributed by atoms with E-state index in [0.29, 0.717) is 16.5 Å². The maximum Gasteiger partial charge on any atom is 0.348 e. The van der Waals surface area contributed by atoms with E-state index in [1.54, 1.807) is 0 Å². The monoisotopic (exact) mass is 358 g/mol. The van der Waals surface area contributed by atoms with Crippen molar-refractivity contribution in [2.75, 3.05) is 0 Å². The number of hydrogen-bond donors (Lipinski definition) is 0. The third kappa shape index (κ3) is 3.24. The lowest BCUT2D eigenvalue weighted by Gasteiger charge is -2.08. The molecule has 0 atom stereocenters. The molecule has 0 saturated carbocycles. The Bertz CT molecular complexity index is 898. The number of aryl methyl sites for hydroxylation is 4. The number of nitrogens with zero attached hydrogens (tertiary/aromatic N) is 2. The van der Waals surface area contributed by atoms with Crippen LogP contribution in [-0.2, 0) is 24.2 Å². The number of esters is 1. The van der Waals surface area contributed by atoms with Gasteiger partial charge in [-0.3, -0.25) is 0 Å². The highest BCUT2D eigenvalue weighted by Gasteiger charge is 2.20. The fraction of sp³-hybridized carbons (Fsp3) is 0.389. The molecule has 3 aromatic heterocycles. The van der Waals surface area contributed by atoms with Gasteiger partial charge in [0.15, 0.2) is 6.61 Å². The maximum atomic E-state index is 12.3. The highest BCUT2D eigenvalue weighted by atomic mass is 32.1. The van der Waals surface area contributed by atoms with Gasteiger partial charge in [-0.2, -0.15) is 0 Å². The summed E-state index contributed by atoms with van der Waals surface area (Å²) in [4.78, 5) is 14.2. The molecule has 1 aliphatic rings. The summed E-state index contributed by atoms with van der Waals surface area (Å²) in [6.07, 6.45) is 4.49. The van der Waals surface area contributed by atoms with Crippen molar-refractivity contribution >= 4 is 17.3 Å². The van der Waals surface area contributed by atoms with Gasteiger partial charge >= 0.3 is 5.97 Å². The van der Waals surface area contributed by atoms with Gasteiger partial charge in [-0.1, -0.05) is 0 Å². The van der Waals surface area contributed by atoms with Crippen molar-refractivity contribution in [1.82, 2.24) is 10.2 Å². The van der Waals surface area contributed by atoms with Crippen LogP contribution < -0.4 is 0 Å². The van der Waals surface area contributed by atoms with Crippen LogP contribution in [0.4, 0.5) is 0 Å². The second kappa shape index (κ2) is 6.48. The number of hydrogen-bond acceptors (Lipinski definition) is 7. The van der Waals surface area contributed by atoms with Crippen LogP contribution in [0.25, 0.3) is 11.5 Å². The minimum atomic E-state index is -0.338. The molecule has 0 fully saturated rings. The number of carbonyl (C=O) groups excluding carboxylic acids is 1. The molecule has 25 heavy (non-hydrogen) atoms. The number of carbonyl (C=O) groups is 1. The minimum Gasteiger partial charge on any atom is -0.466 e. The van der Waals surface area contributed by atoms with Gasteiger partial charge in [-0.05, 0) is 57.2 Å². The predicted octanol–water partition coefficient (Wildman–Crippen LogP) is 4.24. The average molecular weight is 358 g/mol. The van der Waals surface area contributed by atoms with Gasteiger partial charge in [0.25, 0.3) is 11.8 Å². The minimum absolute atomic E-state index is 0.0374. The Balaban J connectivity index is 1.42. The zero-order chi connectivity index (χ0) is 17.4. The van der Waals surface area contributed by atoms with Crippen LogP contribution in [0.3, 0.4) is 0 Å². The van der Waals surface area contributed by atoms with Gasteiger partial charge in [-0.25, -0.2) is 4.79 Å². The van der Waals surface area contributed by atoms with Crippen molar-refractivity contribution in [3.63, 3.8) is 0 Å². The number of aromatic nitrogens is 2. The summed E-state index contributed by atoms with van der Waals surface area (Å²) in [5.41, 5.74) is 2.04. The highest BCUT2D eigenvalue weighted by Crippen LogP contribution is 2.30. The van der Waals surface area contributed by atoms with Crippen LogP contribution in [0.5, 0.6) is 0 Å². The molecule has 0 N–H and O–H groups in total. The molecule has 0 radical (unpaired) electrons. The molecule has 7 heteroatoms. The first-order valence-corrected chi connectivity index (χ1v) is 9.10. The van der Waals surface area contributed by atoms with E-state index in [1.165, 1.54) is 34.6 Å². The predicted molar refractivity (Wildman–Crippen MR) is 91.6 cm³/mol. The number of furan rings is 1. The molecule has 0 amide bonds. The Labute approximate surface area is 148 Å². The van der Waals surface area contributed by atoms with Crippen LogP contribution in [-0.4, -0.2) is 16.2 Å². The number of thiophene rings is 1. The molecule has 0 aromatic carbocycles. The highest BCUT2D eigenvalue weighted by molar-refractivity contribution is 7.14. The quantitative estimate of drug-likeness (QED) is 0.649. The molecule has 4 rings (SSSR count). The van der Waals surface area contributed by atoms with E-state index in [4.69, 9.17) is 13.6 Å². The topological polar surface area (TPSA) is 78.4 Å². The van der Waals surface area contributed by atoms with E-state index in [9.17, 15) is 4.79 Å². The molecule has 0 aliphatic heterocycles. The normalized spacial score (nSPS) is 13.7. The van der Waals surface area contributed by atoms with E-state index >= 15 is 0 Å². The van der Waals surface area contributed by atoms with Crippen LogP contribution in [0.2, 0.25) is 0 Å². The van der Waals surface area contributed by atoms with Crippen LogP contribution in [0.15, 0.2) is 21.0 Å².